The van der Waals surface area contributed by atoms with E-state index in [-0.39, 0.29) is 29.6 Å². The summed E-state index contributed by atoms with van der Waals surface area (Å²) >= 11 is 0. The maximum Gasteiger partial charge on any atom is 0.272 e. The summed E-state index contributed by atoms with van der Waals surface area (Å²) < 4.78 is 18.1. The van der Waals surface area contributed by atoms with Gasteiger partial charge in [-0.05, 0) is 79.8 Å². The number of aromatic nitrogens is 1. The number of alkyl halides is 1. The second kappa shape index (κ2) is 13.8. The smallest absolute Gasteiger partial charge is 0.272 e. The number of carbonyl (C=O) groups excluding carboxylic acids is 3. The number of nitrogens with zero attached hydrogens (tertiary/aromatic N) is 4. The predicted octanol–water partition coefficient (Wildman–Crippen LogP) is 4.73. The quantitative estimate of drug-likeness (QED) is 0.331. The third-order valence-electron chi connectivity index (χ3n) is 8.83. The van der Waals surface area contributed by atoms with Gasteiger partial charge in [0.25, 0.3) is 11.8 Å². The third-order valence-corrected chi connectivity index (χ3v) is 8.83. The van der Waals surface area contributed by atoms with Gasteiger partial charge >= 0.3 is 0 Å². The fourth-order valence-corrected chi connectivity index (χ4v) is 6.03. The van der Waals surface area contributed by atoms with E-state index in [0.717, 1.165) is 62.1 Å². The minimum Gasteiger partial charge on any atom is -0.461 e. The van der Waals surface area contributed by atoms with Gasteiger partial charge in [0.2, 0.25) is 6.36 Å². The highest BCUT2D eigenvalue weighted by molar-refractivity contribution is 5.99. The van der Waals surface area contributed by atoms with Crippen LogP contribution in [0.2, 0.25) is 0 Å². The molecule has 2 aliphatic heterocycles. The van der Waals surface area contributed by atoms with E-state index in [2.05, 4.69) is 20.1 Å². The zero-order valence-corrected chi connectivity index (χ0v) is 25.7. The predicted molar refractivity (Wildman–Crippen MR) is 169 cm³/mol. The van der Waals surface area contributed by atoms with Crippen LogP contribution in [-0.4, -0.2) is 84.0 Å². The van der Waals surface area contributed by atoms with Crippen molar-refractivity contribution in [1.82, 2.24) is 20.1 Å². The number of anilines is 1. The van der Waals surface area contributed by atoms with E-state index in [1.54, 1.807) is 29.2 Å². The lowest BCUT2D eigenvalue weighted by molar-refractivity contribution is 0.0739. The second-order valence-corrected chi connectivity index (χ2v) is 12.2. The molecule has 3 aromatic rings. The largest absolute Gasteiger partial charge is 0.461 e. The molecule has 45 heavy (non-hydrogen) atoms. The Morgan fingerprint density at radius 1 is 0.867 bits per heavy atom. The number of piperazine rings is 1. The molecular formula is C35H40FN5O4. The monoisotopic (exact) mass is 613 g/mol. The average Bonchev–Trinajstić information content (AvgIpc) is 3.92. The van der Waals surface area contributed by atoms with Gasteiger partial charge in [-0.1, -0.05) is 12.1 Å². The highest BCUT2D eigenvalue weighted by atomic mass is 19.1. The van der Waals surface area contributed by atoms with Gasteiger partial charge in [0.15, 0.2) is 5.78 Å². The van der Waals surface area contributed by atoms with E-state index in [9.17, 15) is 18.8 Å². The third kappa shape index (κ3) is 7.86. The number of Topliss-reactive ketones (excluding diaryl/α,β-unsaturated/α-hetero) is 1. The molecule has 1 atom stereocenters. The summed E-state index contributed by atoms with van der Waals surface area (Å²) in [5.41, 5.74) is 3.73. The molecule has 0 spiro atoms. The molecule has 10 heteroatoms. The molecule has 236 valence electrons. The Morgan fingerprint density at radius 3 is 2.13 bits per heavy atom. The molecule has 1 aromatic heterocycles. The molecule has 1 aliphatic carbocycles. The second-order valence-electron chi connectivity index (χ2n) is 12.2. The molecule has 2 saturated heterocycles. The van der Waals surface area contributed by atoms with Crippen molar-refractivity contribution < 1.29 is 23.5 Å². The lowest BCUT2D eigenvalue weighted by Gasteiger charge is -2.36. The van der Waals surface area contributed by atoms with Gasteiger partial charge < -0.3 is 19.9 Å². The molecule has 9 nitrogen and oxygen atoms in total. The van der Waals surface area contributed by atoms with E-state index in [1.165, 1.54) is 13.1 Å². The van der Waals surface area contributed by atoms with Crippen molar-refractivity contribution in [3.63, 3.8) is 0 Å². The van der Waals surface area contributed by atoms with Crippen molar-refractivity contribution in [2.75, 3.05) is 44.2 Å². The van der Waals surface area contributed by atoms with Crippen molar-refractivity contribution in [2.45, 2.75) is 51.6 Å². The summed E-state index contributed by atoms with van der Waals surface area (Å²) in [5.74, 6) is 0.646. The molecular weight excluding hydrogens is 573 g/mol. The van der Waals surface area contributed by atoms with Crippen LogP contribution in [0.15, 0.2) is 66.9 Å². The summed E-state index contributed by atoms with van der Waals surface area (Å²) in [6, 6.07) is 18.7. The van der Waals surface area contributed by atoms with E-state index in [1.807, 2.05) is 36.4 Å². The van der Waals surface area contributed by atoms with Crippen molar-refractivity contribution in [3.8, 4) is 5.75 Å². The lowest BCUT2D eigenvalue weighted by atomic mass is 10.0. The SMILES string of the molecule is CC(F)Oc1ccc(CN2CCC(NC(=O)c3ccc(C(=O)N4CCN(c5ccc(C(=O)C6CC6)cc5)CC4)nc3)CC2)cc1. The highest BCUT2D eigenvalue weighted by Gasteiger charge is 2.30. The zero-order valence-electron chi connectivity index (χ0n) is 25.7. The first-order chi connectivity index (χ1) is 21.8. The van der Waals surface area contributed by atoms with Gasteiger partial charge in [0, 0.05) is 82.1 Å². The number of piperidine rings is 1. The maximum atomic E-state index is 13.1. The number of hydrogen-bond acceptors (Lipinski definition) is 7. The molecule has 1 saturated carbocycles. The minimum absolute atomic E-state index is 0.0723. The molecule has 3 aliphatic rings. The number of carbonyl (C=O) groups is 3. The van der Waals surface area contributed by atoms with E-state index >= 15 is 0 Å². The number of ketones is 1. The van der Waals surface area contributed by atoms with Crippen molar-refractivity contribution in [3.05, 3.63) is 89.2 Å². The van der Waals surface area contributed by atoms with Gasteiger partial charge in [0.1, 0.15) is 11.4 Å². The van der Waals surface area contributed by atoms with Gasteiger partial charge in [-0.15, -0.1) is 0 Å². The number of halogens is 1. The number of rotatable bonds is 10. The topological polar surface area (TPSA) is 95.1 Å². The standard InChI is InChI=1S/C35H40FN5O4/c1-24(36)45-31-11-2-25(3-12-31)23-39-16-14-29(15-17-39)38-34(43)28-8-13-32(37-22-28)35(44)41-20-18-40(19-21-41)30-9-6-27(7-10-30)33(42)26-4-5-26/h2-3,6-13,22,24,26,29H,4-5,14-21,23H2,1H3,(H,38,43). The molecule has 3 heterocycles. The Labute approximate surface area is 263 Å². The number of nitrogens with one attached hydrogen (secondary N) is 1. The molecule has 2 aromatic carbocycles. The van der Waals surface area contributed by atoms with Gasteiger partial charge in [-0.2, -0.15) is 0 Å². The molecule has 2 amide bonds. The van der Waals surface area contributed by atoms with E-state index in [0.29, 0.717) is 43.2 Å². The maximum absolute atomic E-state index is 13.1. The summed E-state index contributed by atoms with van der Waals surface area (Å²) in [7, 11) is 0. The molecule has 0 radical (unpaired) electrons. The summed E-state index contributed by atoms with van der Waals surface area (Å²) in [6.07, 6.45) is 3.82. The van der Waals surface area contributed by atoms with Gasteiger partial charge in [0.05, 0.1) is 5.56 Å². The van der Waals surface area contributed by atoms with Crippen molar-refractivity contribution in [1.29, 1.82) is 0 Å². The van der Waals surface area contributed by atoms with Crippen LogP contribution in [0.3, 0.4) is 0 Å². The van der Waals surface area contributed by atoms with Gasteiger partial charge in [-0.3, -0.25) is 24.3 Å². The Morgan fingerprint density at radius 2 is 1.53 bits per heavy atom. The van der Waals surface area contributed by atoms with E-state index in [4.69, 9.17) is 4.74 Å². The van der Waals surface area contributed by atoms with Crippen LogP contribution in [-0.2, 0) is 6.54 Å². The average molecular weight is 614 g/mol. The number of amides is 2. The Kier molecular flexibility index (Phi) is 9.39. The molecule has 1 unspecified atom stereocenters. The summed E-state index contributed by atoms with van der Waals surface area (Å²) in [4.78, 5) is 49.0. The fourth-order valence-electron chi connectivity index (χ4n) is 6.03. The molecule has 1 N–H and O–H groups in total. The van der Waals surface area contributed by atoms with Crippen molar-refractivity contribution in [2.24, 2.45) is 5.92 Å². The van der Waals surface area contributed by atoms with Crippen LogP contribution >= 0.6 is 0 Å². The molecule has 3 fully saturated rings. The van der Waals surface area contributed by atoms with Crippen LogP contribution in [0.4, 0.5) is 10.1 Å². The Hall–Kier alpha value is -4.31. The Bertz CT molecular complexity index is 1480. The molecule has 0 bridgehead atoms. The molecule has 6 rings (SSSR count). The van der Waals surface area contributed by atoms with Gasteiger partial charge in [-0.25, -0.2) is 4.39 Å². The normalized spacial score (nSPS) is 18.4. The van der Waals surface area contributed by atoms with Crippen LogP contribution in [0.5, 0.6) is 5.75 Å². The first-order valence-electron chi connectivity index (χ1n) is 15.9. The van der Waals surface area contributed by atoms with Crippen LogP contribution in [0, 0.1) is 5.92 Å². The van der Waals surface area contributed by atoms with Crippen molar-refractivity contribution >= 4 is 23.3 Å². The number of hydrogen-bond donors (Lipinski definition) is 1. The first-order valence-corrected chi connectivity index (χ1v) is 15.9. The highest BCUT2D eigenvalue weighted by Crippen LogP contribution is 2.33. The minimum atomic E-state index is -1.34. The number of benzene rings is 2. The van der Waals surface area contributed by atoms with Crippen LogP contribution < -0.4 is 15.0 Å². The first kappa shape index (κ1) is 30.7. The Balaban J connectivity index is 0.930. The number of likely N-dealkylation sites (tertiary alicyclic amines) is 1. The van der Waals surface area contributed by atoms with E-state index < -0.39 is 6.36 Å². The fraction of sp³-hybridized carbons (Fsp3) is 0.429. The summed E-state index contributed by atoms with van der Waals surface area (Å²) in [5, 5.41) is 3.12. The number of pyridine rings is 1. The zero-order chi connectivity index (χ0) is 31.3. The van der Waals surface area contributed by atoms with Crippen LogP contribution in [0.1, 0.15) is 69.4 Å². The van der Waals surface area contributed by atoms with Crippen LogP contribution in [0.25, 0.3) is 0 Å². The lowest BCUT2D eigenvalue weighted by Crippen LogP contribution is -2.49. The number of ether oxygens (including phenoxy) is 1. The summed E-state index contributed by atoms with van der Waals surface area (Å²) in [6.45, 7) is 6.39.